The average molecular weight is 415 g/mol. The van der Waals surface area contributed by atoms with E-state index in [2.05, 4.69) is 22.4 Å². The fourth-order valence-corrected chi connectivity index (χ4v) is 4.85. The summed E-state index contributed by atoms with van der Waals surface area (Å²) in [6, 6.07) is 10.7. The quantitative estimate of drug-likeness (QED) is 0.464. The summed E-state index contributed by atoms with van der Waals surface area (Å²) in [5.41, 5.74) is 6.48. The van der Waals surface area contributed by atoms with E-state index in [4.69, 9.17) is 0 Å². The monoisotopic (exact) mass is 414 g/mol. The minimum atomic E-state index is 0.164. The highest BCUT2D eigenvalue weighted by Gasteiger charge is 2.33. The fourth-order valence-electron chi connectivity index (χ4n) is 4.85. The minimum Gasteiger partial charge on any atom is -0.507 e. The molecule has 1 heterocycles. The van der Waals surface area contributed by atoms with Crippen LogP contribution in [-0.4, -0.2) is 21.9 Å². The van der Waals surface area contributed by atoms with Gasteiger partial charge >= 0.3 is 0 Å². The molecule has 2 aliphatic rings. The van der Waals surface area contributed by atoms with Gasteiger partial charge in [-0.05, 0) is 86.1 Å². The van der Waals surface area contributed by atoms with E-state index in [9.17, 15) is 9.90 Å². The highest BCUT2D eigenvalue weighted by atomic mass is 16.3. The van der Waals surface area contributed by atoms with Crippen molar-refractivity contribution in [1.82, 2.24) is 4.98 Å². The van der Waals surface area contributed by atoms with Crippen LogP contribution in [0.4, 0.5) is 5.69 Å². The third kappa shape index (κ3) is 3.91. The normalized spacial score (nSPS) is 17.1. The molecule has 2 N–H and O–H groups in total. The van der Waals surface area contributed by atoms with E-state index >= 15 is 0 Å². The van der Waals surface area contributed by atoms with E-state index in [1.54, 1.807) is 6.20 Å². The van der Waals surface area contributed by atoms with Gasteiger partial charge in [-0.25, -0.2) is 0 Å². The van der Waals surface area contributed by atoms with Crippen LogP contribution in [-0.2, 0) is 0 Å². The SMILES string of the molecule is Cc1cc(-c2ccc3ncc(C(=O)C4CC4)c(NC4CCCCC4)c3c2)cc(C)c1O. The number of aromatic hydroxyl groups is 1. The van der Waals surface area contributed by atoms with Crippen LogP contribution in [0.3, 0.4) is 0 Å². The maximum atomic E-state index is 13.1. The molecule has 5 rings (SSSR count). The molecule has 0 spiro atoms. The van der Waals surface area contributed by atoms with Gasteiger partial charge in [0.1, 0.15) is 5.75 Å². The number of nitrogens with zero attached hydrogens (tertiary/aromatic N) is 1. The molecule has 1 aromatic heterocycles. The summed E-state index contributed by atoms with van der Waals surface area (Å²) in [5, 5.41) is 15.0. The molecule has 0 saturated heterocycles. The van der Waals surface area contributed by atoms with Crippen molar-refractivity contribution in [1.29, 1.82) is 0 Å². The van der Waals surface area contributed by atoms with Crippen molar-refractivity contribution in [2.45, 2.75) is 64.8 Å². The lowest BCUT2D eigenvalue weighted by Crippen LogP contribution is -2.24. The summed E-state index contributed by atoms with van der Waals surface area (Å²) in [6.45, 7) is 3.85. The van der Waals surface area contributed by atoms with Crippen LogP contribution in [0, 0.1) is 19.8 Å². The van der Waals surface area contributed by atoms with Crippen molar-refractivity contribution < 1.29 is 9.90 Å². The molecule has 31 heavy (non-hydrogen) atoms. The Morgan fingerprint density at radius 2 is 1.68 bits per heavy atom. The van der Waals surface area contributed by atoms with E-state index in [1.165, 1.54) is 19.3 Å². The molecule has 0 unspecified atom stereocenters. The number of fused-ring (bicyclic) bond motifs is 1. The molecule has 0 radical (unpaired) electrons. The Hall–Kier alpha value is -2.88. The zero-order chi connectivity index (χ0) is 21.5. The number of benzene rings is 2. The van der Waals surface area contributed by atoms with Gasteiger partial charge in [0.2, 0.25) is 0 Å². The molecule has 4 heteroatoms. The molecule has 2 saturated carbocycles. The van der Waals surface area contributed by atoms with Crippen LogP contribution >= 0.6 is 0 Å². The molecule has 2 aliphatic carbocycles. The first-order valence-corrected chi connectivity index (χ1v) is 11.6. The summed E-state index contributed by atoms with van der Waals surface area (Å²) in [6.07, 6.45) is 9.84. The van der Waals surface area contributed by atoms with Gasteiger partial charge in [-0.3, -0.25) is 9.78 Å². The highest BCUT2D eigenvalue weighted by molar-refractivity contribution is 6.10. The Morgan fingerprint density at radius 1 is 0.968 bits per heavy atom. The van der Waals surface area contributed by atoms with Crippen LogP contribution in [0.5, 0.6) is 5.75 Å². The smallest absolute Gasteiger partial charge is 0.169 e. The molecular formula is C27H30N2O2. The molecule has 3 aromatic rings. The molecule has 0 amide bonds. The molecule has 2 fully saturated rings. The van der Waals surface area contributed by atoms with Crippen LogP contribution < -0.4 is 5.32 Å². The summed E-state index contributed by atoms with van der Waals surface area (Å²) in [5.74, 6) is 0.745. The van der Waals surface area contributed by atoms with E-state index < -0.39 is 0 Å². The first-order chi connectivity index (χ1) is 15.0. The van der Waals surface area contributed by atoms with E-state index in [0.29, 0.717) is 11.8 Å². The summed E-state index contributed by atoms with van der Waals surface area (Å²) >= 11 is 0. The lowest BCUT2D eigenvalue weighted by molar-refractivity contribution is 0.0968. The summed E-state index contributed by atoms with van der Waals surface area (Å²) in [7, 11) is 0. The first kappa shape index (κ1) is 20.0. The number of ketones is 1. The Morgan fingerprint density at radius 3 is 2.35 bits per heavy atom. The number of carbonyl (C=O) groups is 1. The molecule has 0 atom stereocenters. The third-order valence-electron chi connectivity index (χ3n) is 6.86. The topological polar surface area (TPSA) is 62.2 Å². The molecular weight excluding hydrogens is 384 g/mol. The second kappa shape index (κ2) is 7.99. The number of phenolic OH excluding ortho intramolecular Hbond substituents is 1. The number of hydrogen-bond acceptors (Lipinski definition) is 4. The van der Waals surface area contributed by atoms with E-state index in [0.717, 1.165) is 70.1 Å². The van der Waals surface area contributed by atoms with Crippen molar-refractivity contribution in [2.75, 3.05) is 5.32 Å². The van der Waals surface area contributed by atoms with Crippen molar-refractivity contribution in [3.8, 4) is 16.9 Å². The number of Topliss-reactive ketones (excluding diaryl/α,β-unsaturated/α-hetero) is 1. The Balaban J connectivity index is 1.64. The molecule has 0 bridgehead atoms. The van der Waals surface area contributed by atoms with Crippen molar-refractivity contribution in [3.05, 3.63) is 53.2 Å². The lowest BCUT2D eigenvalue weighted by atomic mass is 9.93. The molecule has 2 aromatic carbocycles. The highest BCUT2D eigenvalue weighted by Crippen LogP contribution is 2.39. The van der Waals surface area contributed by atoms with Crippen LogP contribution in [0.2, 0.25) is 0 Å². The Bertz CT molecular complexity index is 1130. The van der Waals surface area contributed by atoms with Gasteiger partial charge in [-0.1, -0.05) is 25.3 Å². The number of phenols is 1. The van der Waals surface area contributed by atoms with Crippen LogP contribution in [0.25, 0.3) is 22.0 Å². The van der Waals surface area contributed by atoms with E-state index in [1.807, 2.05) is 32.0 Å². The minimum absolute atomic E-state index is 0.164. The first-order valence-electron chi connectivity index (χ1n) is 11.6. The van der Waals surface area contributed by atoms with Crippen LogP contribution in [0.15, 0.2) is 36.5 Å². The zero-order valence-corrected chi connectivity index (χ0v) is 18.4. The number of nitrogens with one attached hydrogen (secondary N) is 1. The fraction of sp³-hybridized carbons (Fsp3) is 0.407. The predicted molar refractivity (Wildman–Crippen MR) is 126 cm³/mol. The number of aromatic nitrogens is 1. The van der Waals surface area contributed by atoms with E-state index in [-0.39, 0.29) is 11.7 Å². The number of carbonyl (C=O) groups excluding carboxylic acids is 1. The van der Waals surface area contributed by atoms with Gasteiger partial charge in [-0.15, -0.1) is 0 Å². The van der Waals surface area contributed by atoms with Crippen molar-refractivity contribution in [2.24, 2.45) is 5.92 Å². The number of anilines is 1. The van der Waals surface area contributed by atoms with Gasteiger partial charge < -0.3 is 10.4 Å². The Labute approximate surface area is 183 Å². The van der Waals surface area contributed by atoms with Gasteiger partial charge in [-0.2, -0.15) is 0 Å². The van der Waals surface area contributed by atoms with Crippen molar-refractivity contribution >= 4 is 22.4 Å². The average Bonchev–Trinajstić information content (AvgIpc) is 3.63. The maximum Gasteiger partial charge on any atom is 0.169 e. The number of aryl methyl sites for hydroxylation is 2. The number of hydrogen-bond donors (Lipinski definition) is 2. The van der Waals surface area contributed by atoms with Crippen LogP contribution in [0.1, 0.15) is 66.4 Å². The molecule has 160 valence electrons. The number of pyridine rings is 1. The molecule has 4 nitrogen and oxygen atoms in total. The lowest BCUT2D eigenvalue weighted by Gasteiger charge is -2.26. The van der Waals surface area contributed by atoms with Crippen molar-refractivity contribution in [3.63, 3.8) is 0 Å². The standard InChI is InChI=1S/C27H30N2O2/c1-16-12-20(13-17(2)26(16)30)19-10-11-24-22(14-19)25(29-21-6-4-3-5-7-21)23(15-28-24)27(31)18-8-9-18/h10-15,18,21,30H,3-9H2,1-2H3,(H,28,29). The largest absolute Gasteiger partial charge is 0.507 e. The second-order valence-corrected chi connectivity index (χ2v) is 9.36. The number of rotatable bonds is 5. The van der Waals surface area contributed by atoms with Gasteiger partial charge in [0.25, 0.3) is 0 Å². The van der Waals surface area contributed by atoms with Gasteiger partial charge in [0.05, 0.1) is 16.8 Å². The van der Waals surface area contributed by atoms with Gasteiger partial charge in [0, 0.05) is 23.5 Å². The summed E-state index contributed by atoms with van der Waals surface area (Å²) < 4.78 is 0. The third-order valence-corrected chi connectivity index (χ3v) is 6.86. The maximum absolute atomic E-state index is 13.1. The Kier molecular flexibility index (Phi) is 5.17. The predicted octanol–water partition coefficient (Wildman–Crippen LogP) is 6.56. The molecule has 0 aliphatic heterocycles. The summed E-state index contributed by atoms with van der Waals surface area (Å²) in [4.78, 5) is 17.7. The van der Waals surface area contributed by atoms with Gasteiger partial charge in [0.15, 0.2) is 5.78 Å². The zero-order valence-electron chi connectivity index (χ0n) is 18.4. The second-order valence-electron chi connectivity index (χ2n) is 9.36.